The standard InChI is InChI=1S/C8H12N4/c1-2-3-8(11)4-5-12-7(10)6(8)9/h1,4-6H,3,9,11H2,(H2,10,12). The van der Waals surface area contributed by atoms with Crippen LogP contribution >= 0.6 is 0 Å². The van der Waals surface area contributed by atoms with E-state index in [2.05, 4.69) is 10.9 Å². The van der Waals surface area contributed by atoms with Crippen molar-refractivity contribution in [3.05, 3.63) is 12.3 Å². The highest BCUT2D eigenvalue weighted by molar-refractivity contribution is 5.89. The van der Waals surface area contributed by atoms with Crippen LogP contribution in [0, 0.1) is 12.3 Å². The number of nitrogens with two attached hydrogens (primary N) is 3. The van der Waals surface area contributed by atoms with Crippen molar-refractivity contribution in [3.8, 4) is 12.3 Å². The molecule has 2 atom stereocenters. The molecule has 6 N–H and O–H groups in total. The quantitative estimate of drug-likeness (QED) is 0.430. The van der Waals surface area contributed by atoms with Crippen LogP contribution in [0.5, 0.6) is 0 Å². The summed E-state index contributed by atoms with van der Waals surface area (Å²) in [6.45, 7) is 0. The van der Waals surface area contributed by atoms with Gasteiger partial charge in [0.25, 0.3) is 0 Å². The third-order valence-corrected chi connectivity index (χ3v) is 1.91. The molecule has 0 aromatic carbocycles. The normalized spacial score (nSPS) is 34.1. The van der Waals surface area contributed by atoms with Crippen molar-refractivity contribution in [1.29, 1.82) is 0 Å². The molecular weight excluding hydrogens is 152 g/mol. The van der Waals surface area contributed by atoms with Crippen molar-refractivity contribution >= 4 is 5.84 Å². The van der Waals surface area contributed by atoms with E-state index in [1.807, 2.05) is 0 Å². The van der Waals surface area contributed by atoms with Gasteiger partial charge in [0, 0.05) is 12.6 Å². The Kier molecular flexibility index (Phi) is 2.18. The lowest BCUT2D eigenvalue weighted by Gasteiger charge is -2.31. The summed E-state index contributed by atoms with van der Waals surface area (Å²) in [5, 5.41) is 0. The Morgan fingerprint density at radius 3 is 3.00 bits per heavy atom. The largest absolute Gasteiger partial charge is 0.386 e. The predicted molar refractivity (Wildman–Crippen MR) is 49.1 cm³/mol. The third-order valence-electron chi connectivity index (χ3n) is 1.91. The molecule has 12 heavy (non-hydrogen) atoms. The molecule has 0 saturated heterocycles. The minimum atomic E-state index is -0.736. The summed E-state index contributed by atoms with van der Waals surface area (Å²) >= 11 is 0. The molecule has 64 valence electrons. The fourth-order valence-electron chi connectivity index (χ4n) is 1.07. The van der Waals surface area contributed by atoms with Crippen LogP contribution in [0.4, 0.5) is 0 Å². The summed E-state index contributed by atoms with van der Waals surface area (Å²) in [5.74, 6) is 2.79. The molecule has 0 amide bonds. The van der Waals surface area contributed by atoms with E-state index in [1.54, 1.807) is 6.08 Å². The zero-order valence-corrected chi connectivity index (χ0v) is 6.70. The van der Waals surface area contributed by atoms with Crippen LogP contribution < -0.4 is 17.2 Å². The Morgan fingerprint density at radius 1 is 1.75 bits per heavy atom. The van der Waals surface area contributed by atoms with Gasteiger partial charge in [-0.05, 0) is 6.08 Å². The lowest BCUT2D eigenvalue weighted by Crippen LogP contribution is -2.60. The van der Waals surface area contributed by atoms with E-state index in [0.717, 1.165) is 0 Å². The zero-order valence-electron chi connectivity index (χ0n) is 6.70. The van der Waals surface area contributed by atoms with Gasteiger partial charge in [0.2, 0.25) is 0 Å². The van der Waals surface area contributed by atoms with E-state index in [0.29, 0.717) is 12.3 Å². The van der Waals surface area contributed by atoms with Crippen LogP contribution in [0.25, 0.3) is 0 Å². The van der Waals surface area contributed by atoms with Gasteiger partial charge in [-0.2, -0.15) is 0 Å². The maximum atomic E-state index is 5.89. The molecule has 1 aliphatic heterocycles. The second-order valence-corrected chi connectivity index (χ2v) is 2.84. The third kappa shape index (κ3) is 1.33. The summed E-state index contributed by atoms with van der Waals surface area (Å²) < 4.78 is 0. The highest BCUT2D eigenvalue weighted by Crippen LogP contribution is 2.15. The monoisotopic (exact) mass is 164 g/mol. The summed E-state index contributed by atoms with van der Waals surface area (Å²) in [4.78, 5) is 3.83. The first-order valence-corrected chi connectivity index (χ1v) is 3.59. The van der Waals surface area contributed by atoms with E-state index in [1.165, 1.54) is 6.20 Å². The topological polar surface area (TPSA) is 90.4 Å². The van der Waals surface area contributed by atoms with E-state index in [4.69, 9.17) is 23.6 Å². The molecule has 2 unspecified atom stereocenters. The van der Waals surface area contributed by atoms with Gasteiger partial charge in [-0.15, -0.1) is 12.3 Å². The molecule has 0 spiro atoms. The molecule has 0 fully saturated rings. The zero-order chi connectivity index (χ0) is 9.19. The molecule has 4 nitrogen and oxygen atoms in total. The van der Waals surface area contributed by atoms with Crippen molar-refractivity contribution in [2.45, 2.75) is 18.0 Å². The average Bonchev–Trinajstić information content (AvgIpc) is 2.01. The SMILES string of the molecule is C#CCC1(N)C=CN=C(N)C1N. The first-order chi connectivity index (χ1) is 5.60. The van der Waals surface area contributed by atoms with Crippen LogP contribution in [-0.4, -0.2) is 17.4 Å². The Morgan fingerprint density at radius 2 is 2.42 bits per heavy atom. The van der Waals surface area contributed by atoms with Crippen molar-refractivity contribution < 1.29 is 0 Å². The number of amidine groups is 1. The highest BCUT2D eigenvalue weighted by atomic mass is 15.0. The number of hydrogen-bond acceptors (Lipinski definition) is 4. The fraction of sp³-hybridized carbons (Fsp3) is 0.375. The second-order valence-electron chi connectivity index (χ2n) is 2.84. The van der Waals surface area contributed by atoms with Gasteiger partial charge >= 0.3 is 0 Å². The summed E-state index contributed by atoms with van der Waals surface area (Å²) in [6.07, 6.45) is 8.74. The number of terminal acetylenes is 1. The molecule has 1 rings (SSSR count). The van der Waals surface area contributed by atoms with Crippen LogP contribution in [0.2, 0.25) is 0 Å². The van der Waals surface area contributed by atoms with E-state index in [9.17, 15) is 0 Å². The predicted octanol–water partition coefficient (Wildman–Crippen LogP) is -1.08. The smallest absolute Gasteiger partial charge is 0.118 e. The fourth-order valence-corrected chi connectivity index (χ4v) is 1.07. The Hall–Kier alpha value is -1.31. The highest BCUT2D eigenvalue weighted by Gasteiger charge is 2.33. The Balaban J connectivity index is 2.89. The molecule has 0 radical (unpaired) electrons. The van der Waals surface area contributed by atoms with E-state index in [-0.39, 0.29) is 0 Å². The van der Waals surface area contributed by atoms with Gasteiger partial charge in [-0.3, -0.25) is 0 Å². The molecule has 0 saturated carbocycles. The Bertz CT molecular complexity index is 273. The van der Waals surface area contributed by atoms with Crippen molar-refractivity contribution in [2.75, 3.05) is 0 Å². The molecule has 0 aromatic rings. The molecule has 0 aromatic heterocycles. The molecule has 4 heteroatoms. The van der Waals surface area contributed by atoms with Crippen molar-refractivity contribution in [2.24, 2.45) is 22.2 Å². The maximum Gasteiger partial charge on any atom is 0.118 e. The molecular formula is C8H12N4. The van der Waals surface area contributed by atoms with Crippen molar-refractivity contribution in [1.82, 2.24) is 0 Å². The van der Waals surface area contributed by atoms with Crippen LogP contribution in [0.15, 0.2) is 17.3 Å². The Labute approximate surface area is 71.5 Å². The van der Waals surface area contributed by atoms with Crippen LogP contribution in [-0.2, 0) is 0 Å². The van der Waals surface area contributed by atoms with Gasteiger partial charge in [0.1, 0.15) is 5.84 Å². The van der Waals surface area contributed by atoms with Gasteiger partial charge in [0.05, 0.1) is 11.6 Å². The minimum Gasteiger partial charge on any atom is -0.386 e. The average molecular weight is 164 g/mol. The molecule has 0 aliphatic carbocycles. The minimum absolute atomic E-state index is 0.329. The first-order valence-electron chi connectivity index (χ1n) is 3.59. The molecule has 1 heterocycles. The van der Waals surface area contributed by atoms with E-state index >= 15 is 0 Å². The molecule has 1 aliphatic rings. The number of nitrogens with zero attached hydrogens (tertiary/aromatic N) is 1. The van der Waals surface area contributed by atoms with Crippen LogP contribution in [0.1, 0.15) is 6.42 Å². The summed E-state index contributed by atoms with van der Waals surface area (Å²) in [6, 6.07) is -0.487. The van der Waals surface area contributed by atoms with Gasteiger partial charge in [0.15, 0.2) is 0 Å². The first kappa shape index (κ1) is 8.78. The van der Waals surface area contributed by atoms with Gasteiger partial charge in [-0.1, -0.05) is 0 Å². The maximum absolute atomic E-state index is 5.89. The number of rotatable bonds is 1. The second kappa shape index (κ2) is 2.97. The lowest BCUT2D eigenvalue weighted by atomic mass is 9.86. The molecule has 0 bridgehead atoms. The lowest BCUT2D eigenvalue weighted by molar-refractivity contribution is 0.495. The number of aliphatic imine (C=N–C) groups is 1. The van der Waals surface area contributed by atoms with E-state index < -0.39 is 11.6 Å². The van der Waals surface area contributed by atoms with Crippen molar-refractivity contribution in [3.63, 3.8) is 0 Å². The summed E-state index contributed by atoms with van der Waals surface area (Å²) in [5.41, 5.74) is 16.4. The van der Waals surface area contributed by atoms with Crippen LogP contribution in [0.3, 0.4) is 0 Å². The number of hydrogen-bond donors (Lipinski definition) is 3. The van der Waals surface area contributed by atoms with Gasteiger partial charge in [-0.25, -0.2) is 4.99 Å². The summed E-state index contributed by atoms with van der Waals surface area (Å²) in [7, 11) is 0. The van der Waals surface area contributed by atoms with Gasteiger partial charge < -0.3 is 17.2 Å².